The largest absolute Gasteiger partial charge is 0.389 e. The molecule has 1 aromatic carbocycles. The maximum Gasteiger partial charge on any atom is 0.233 e. The van der Waals surface area contributed by atoms with Gasteiger partial charge in [-0.05, 0) is 24.6 Å². The lowest BCUT2D eigenvalue weighted by Gasteiger charge is -2.26. The number of carbonyl (C=O) groups excluding carboxylic acids is 2. The van der Waals surface area contributed by atoms with Crippen LogP contribution in [0.3, 0.4) is 0 Å². The molecule has 1 heterocycles. The molecular weight excluding hydrogens is 272 g/mol. The van der Waals surface area contributed by atoms with Crippen molar-refractivity contribution in [3.05, 3.63) is 28.8 Å². The predicted octanol–water partition coefficient (Wildman–Crippen LogP) is 2.02. The number of amides is 2. The van der Waals surface area contributed by atoms with E-state index in [0.29, 0.717) is 35.5 Å². The van der Waals surface area contributed by atoms with E-state index in [2.05, 4.69) is 0 Å². The fourth-order valence-corrected chi connectivity index (χ4v) is 2.26. The molecule has 4 nitrogen and oxygen atoms in total. The number of hydrogen-bond acceptors (Lipinski definition) is 3. The molecule has 0 unspecified atom stereocenters. The molecule has 1 saturated heterocycles. The van der Waals surface area contributed by atoms with Crippen molar-refractivity contribution < 1.29 is 9.59 Å². The van der Waals surface area contributed by atoms with Gasteiger partial charge in [0.2, 0.25) is 11.8 Å². The number of piperidine rings is 1. The number of benzene rings is 1. The highest BCUT2D eigenvalue weighted by Crippen LogP contribution is 2.28. The van der Waals surface area contributed by atoms with Crippen molar-refractivity contribution in [1.29, 1.82) is 0 Å². The zero-order chi connectivity index (χ0) is 13.3. The summed E-state index contributed by atoms with van der Waals surface area (Å²) in [5.41, 5.74) is 6.46. The van der Waals surface area contributed by atoms with Gasteiger partial charge >= 0.3 is 0 Å². The normalized spacial score (nSPS) is 15.9. The van der Waals surface area contributed by atoms with Gasteiger partial charge in [-0.25, -0.2) is 4.90 Å². The number of halogens is 1. The van der Waals surface area contributed by atoms with E-state index in [1.54, 1.807) is 12.1 Å². The van der Waals surface area contributed by atoms with E-state index in [1.165, 1.54) is 6.07 Å². The van der Waals surface area contributed by atoms with Crippen LogP contribution in [-0.2, 0) is 9.59 Å². The Bertz CT molecular complexity index is 529. The Balaban J connectivity index is 2.54. The van der Waals surface area contributed by atoms with Crippen LogP contribution in [0.15, 0.2) is 18.2 Å². The van der Waals surface area contributed by atoms with Gasteiger partial charge in [0.1, 0.15) is 4.99 Å². The van der Waals surface area contributed by atoms with Crippen LogP contribution < -0.4 is 10.6 Å². The van der Waals surface area contributed by atoms with Crippen molar-refractivity contribution in [2.45, 2.75) is 19.3 Å². The van der Waals surface area contributed by atoms with Crippen molar-refractivity contribution >= 4 is 46.3 Å². The molecule has 2 rings (SSSR count). The molecule has 1 aromatic rings. The van der Waals surface area contributed by atoms with Crippen molar-refractivity contribution in [3.63, 3.8) is 0 Å². The molecule has 0 radical (unpaired) electrons. The Morgan fingerprint density at radius 2 is 1.89 bits per heavy atom. The lowest BCUT2D eigenvalue weighted by Crippen LogP contribution is -2.41. The smallest absolute Gasteiger partial charge is 0.233 e. The maximum absolute atomic E-state index is 11.9. The fraction of sp³-hybridized carbons (Fsp3) is 0.250. The maximum atomic E-state index is 11.9. The quantitative estimate of drug-likeness (QED) is 0.666. The van der Waals surface area contributed by atoms with Gasteiger partial charge in [-0.1, -0.05) is 23.8 Å². The van der Waals surface area contributed by atoms with Crippen LogP contribution in [0, 0.1) is 0 Å². The highest BCUT2D eigenvalue weighted by atomic mass is 35.5. The van der Waals surface area contributed by atoms with E-state index >= 15 is 0 Å². The lowest BCUT2D eigenvalue weighted by molar-refractivity contribution is -0.129. The van der Waals surface area contributed by atoms with E-state index in [-0.39, 0.29) is 16.8 Å². The van der Waals surface area contributed by atoms with Gasteiger partial charge in [-0.3, -0.25) is 9.59 Å². The van der Waals surface area contributed by atoms with Gasteiger partial charge in [0.05, 0.1) is 5.69 Å². The summed E-state index contributed by atoms with van der Waals surface area (Å²) < 4.78 is 0. The standard InChI is InChI=1S/C12H11ClN2O2S/c13-7-4-5-8(12(14)18)9(6-7)15-10(16)2-1-3-11(15)17/h4-6H,1-3H2,(H2,14,18). The SMILES string of the molecule is NC(=S)c1ccc(Cl)cc1N1C(=O)CCCC1=O. The van der Waals surface area contributed by atoms with Gasteiger partial charge < -0.3 is 5.73 Å². The average Bonchev–Trinajstić information content (AvgIpc) is 2.28. The van der Waals surface area contributed by atoms with Crippen molar-refractivity contribution in [3.8, 4) is 0 Å². The molecule has 18 heavy (non-hydrogen) atoms. The first kappa shape index (κ1) is 13.0. The monoisotopic (exact) mass is 282 g/mol. The van der Waals surface area contributed by atoms with Crippen molar-refractivity contribution in [2.24, 2.45) is 5.73 Å². The van der Waals surface area contributed by atoms with E-state index in [9.17, 15) is 9.59 Å². The third kappa shape index (κ3) is 2.37. The Kier molecular flexibility index (Phi) is 3.63. The predicted molar refractivity (Wildman–Crippen MR) is 73.7 cm³/mol. The first-order chi connectivity index (χ1) is 8.50. The molecule has 6 heteroatoms. The van der Waals surface area contributed by atoms with E-state index in [0.717, 1.165) is 4.90 Å². The van der Waals surface area contributed by atoms with Crippen LogP contribution in [0.5, 0.6) is 0 Å². The lowest BCUT2D eigenvalue weighted by atomic mass is 10.1. The zero-order valence-electron chi connectivity index (χ0n) is 9.48. The summed E-state index contributed by atoms with van der Waals surface area (Å²) in [5.74, 6) is -0.489. The minimum absolute atomic E-state index is 0.132. The number of thiocarbonyl (C=S) groups is 1. The van der Waals surface area contributed by atoms with Gasteiger partial charge in [0.15, 0.2) is 0 Å². The number of rotatable bonds is 2. The van der Waals surface area contributed by atoms with Crippen LogP contribution in [0.4, 0.5) is 5.69 Å². The zero-order valence-corrected chi connectivity index (χ0v) is 11.1. The van der Waals surface area contributed by atoms with Crippen LogP contribution in [-0.4, -0.2) is 16.8 Å². The second-order valence-electron chi connectivity index (χ2n) is 4.00. The first-order valence-electron chi connectivity index (χ1n) is 5.46. The van der Waals surface area contributed by atoms with E-state index < -0.39 is 0 Å². The summed E-state index contributed by atoms with van der Waals surface area (Å²) in [7, 11) is 0. The van der Waals surface area contributed by atoms with Crippen molar-refractivity contribution in [2.75, 3.05) is 4.90 Å². The topological polar surface area (TPSA) is 63.4 Å². The number of anilines is 1. The molecule has 1 aliphatic heterocycles. The number of nitrogens with two attached hydrogens (primary N) is 1. The summed E-state index contributed by atoms with van der Waals surface area (Å²) in [5, 5.41) is 0.427. The Morgan fingerprint density at radius 3 is 2.44 bits per heavy atom. The molecule has 2 N–H and O–H groups in total. The van der Waals surface area contributed by atoms with E-state index in [1.807, 2.05) is 0 Å². The molecule has 0 aliphatic carbocycles. The third-order valence-electron chi connectivity index (χ3n) is 2.75. The third-order valence-corrected chi connectivity index (χ3v) is 3.20. The summed E-state index contributed by atoms with van der Waals surface area (Å²) in [6.45, 7) is 0. The summed E-state index contributed by atoms with van der Waals surface area (Å²) >= 11 is 10.8. The molecule has 2 amide bonds. The number of hydrogen-bond donors (Lipinski definition) is 1. The molecule has 0 bridgehead atoms. The van der Waals surface area contributed by atoms with Crippen LogP contribution >= 0.6 is 23.8 Å². The highest BCUT2D eigenvalue weighted by Gasteiger charge is 2.29. The second-order valence-corrected chi connectivity index (χ2v) is 4.88. The highest BCUT2D eigenvalue weighted by molar-refractivity contribution is 7.80. The summed E-state index contributed by atoms with van der Waals surface area (Å²) in [6.07, 6.45) is 1.27. The second kappa shape index (κ2) is 5.04. The van der Waals surface area contributed by atoms with Gasteiger partial charge in [-0.15, -0.1) is 0 Å². The first-order valence-corrected chi connectivity index (χ1v) is 6.24. The molecule has 94 valence electrons. The minimum atomic E-state index is -0.244. The molecule has 0 atom stereocenters. The van der Waals surface area contributed by atoms with Gasteiger partial charge in [-0.2, -0.15) is 0 Å². The summed E-state index contributed by atoms with van der Waals surface area (Å²) in [6, 6.07) is 4.78. The Morgan fingerprint density at radius 1 is 1.28 bits per heavy atom. The number of imide groups is 1. The van der Waals surface area contributed by atoms with Crippen LogP contribution in [0.2, 0.25) is 5.02 Å². The Labute approximate surface area is 115 Å². The van der Waals surface area contributed by atoms with Gasteiger partial charge in [0.25, 0.3) is 0 Å². The average molecular weight is 283 g/mol. The summed E-state index contributed by atoms with van der Waals surface area (Å²) in [4.78, 5) is 25.0. The van der Waals surface area contributed by atoms with Crippen LogP contribution in [0.1, 0.15) is 24.8 Å². The molecule has 1 aliphatic rings. The van der Waals surface area contributed by atoms with Gasteiger partial charge in [0, 0.05) is 23.4 Å². The minimum Gasteiger partial charge on any atom is -0.389 e. The molecule has 0 spiro atoms. The molecular formula is C12H11ClN2O2S. The van der Waals surface area contributed by atoms with Crippen LogP contribution in [0.25, 0.3) is 0 Å². The fourth-order valence-electron chi connectivity index (χ4n) is 1.92. The molecule has 1 fully saturated rings. The molecule has 0 aromatic heterocycles. The van der Waals surface area contributed by atoms with E-state index in [4.69, 9.17) is 29.6 Å². The number of nitrogens with zero attached hydrogens (tertiary/aromatic N) is 1. The molecule has 0 saturated carbocycles. The van der Waals surface area contributed by atoms with Crippen molar-refractivity contribution in [1.82, 2.24) is 0 Å². The Hall–Kier alpha value is -1.46. The number of carbonyl (C=O) groups is 2.